The zero-order valence-electron chi connectivity index (χ0n) is 13.8. The SMILES string of the molecule is O=C1N[C@H](c2ccc([N+](=O)[O-])cc2)[C@@H](C(=O)c2cccs2)[C@@](O)(C(F)(F)F)N1. The number of alkyl halides is 3. The second-order valence-corrected chi connectivity index (χ2v) is 6.96. The summed E-state index contributed by atoms with van der Waals surface area (Å²) in [6.45, 7) is 0. The molecule has 12 heteroatoms. The van der Waals surface area contributed by atoms with E-state index < -0.39 is 40.6 Å². The topological polar surface area (TPSA) is 122 Å². The number of nitrogens with zero attached hydrogens (tertiary/aromatic N) is 1. The zero-order valence-corrected chi connectivity index (χ0v) is 14.6. The van der Waals surface area contributed by atoms with E-state index in [4.69, 9.17) is 0 Å². The normalized spacial score (nSPS) is 24.9. The number of urea groups is 1. The van der Waals surface area contributed by atoms with Crippen molar-refractivity contribution in [2.75, 3.05) is 0 Å². The Morgan fingerprint density at radius 2 is 1.89 bits per heavy atom. The molecule has 148 valence electrons. The molecule has 2 aromatic rings. The van der Waals surface area contributed by atoms with Crippen LogP contribution in [0.5, 0.6) is 0 Å². The average molecular weight is 415 g/mol. The smallest absolute Gasteiger partial charge is 0.363 e. The van der Waals surface area contributed by atoms with E-state index in [-0.39, 0.29) is 16.1 Å². The van der Waals surface area contributed by atoms with Gasteiger partial charge in [0, 0.05) is 12.1 Å². The summed E-state index contributed by atoms with van der Waals surface area (Å²) >= 11 is 0.883. The fourth-order valence-electron chi connectivity index (χ4n) is 2.99. The van der Waals surface area contributed by atoms with Gasteiger partial charge in [-0.15, -0.1) is 11.3 Å². The first-order valence-corrected chi connectivity index (χ1v) is 8.62. The Kier molecular flexibility index (Phi) is 4.85. The summed E-state index contributed by atoms with van der Waals surface area (Å²) in [6, 6.07) is 4.16. The minimum Gasteiger partial charge on any atom is -0.363 e. The van der Waals surface area contributed by atoms with Gasteiger partial charge in [0.05, 0.1) is 15.8 Å². The van der Waals surface area contributed by atoms with E-state index in [1.807, 2.05) is 0 Å². The summed E-state index contributed by atoms with van der Waals surface area (Å²) in [5.74, 6) is -3.20. The van der Waals surface area contributed by atoms with Gasteiger partial charge in [-0.1, -0.05) is 18.2 Å². The van der Waals surface area contributed by atoms with Gasteiger partial charge in [-0.2, -0.15) is 13.2 Å². The van der Waals surface area contributed by atoms with Gasteiger partial charge in [0.25, 0.3) is 5.69 Å². The molecule has 0 bridgehead atoms. The van der Waals surface area contributed by atoms with Crippen molar-refractivity contribution >= 4 is 28.8 Å². The summed E-state index contributed by atoms with van der Waals surface area (Å²) in [4.78, 5) is 34.7. The lowest BCUT2D eigenvalue weighted by Crippen LogP contribution is -2.72. The predicted octanol–water partition coefficient (Wildman–Crippen LogP) is 2.76. The molecule has 2 heterocycles. The molecule has 2 amide bonds. The van der Waals surface area contributed by atoms with Crippen molar-refractivity contribution < 1.29 is 32.8 Å². The number of rotatable bonds is 4. The van der Waals surface area contributed by atoms with Crippen molar-refractivity contribution in [3.05, 3.63) is 62.3 Å². The molecule has 3 atom stereocenters. The number of hydrogen-bond donors (Lipinski definition) is 3. The highest BCUT2D eigenvalue weighted by Gasteiger charge is 2.66. The Morgan fingerprint density at radius 3 is 2.39 bits per heavy atom. The number of benzene rings is 1. The third-order valence-corrected chi connectivity index (χ3v) is 5.20. The van der Waals surface area contributed by atoms with Gasteiger partial charge in [-0.05, 0) is 17.0 Å². The molecule has 0 unspecified atom stereocenters. The van der Waals surface area contributed by atoms with E-state index in [0.717, 1.165) is 35.6 Å². The van der Waals surface area contributed by atoms with Crippen LogP contribution in [0, 0.1) is 16.0 Å². The number of hydrogen-bond acceptors (Lipinski definition) is 6. The maximum Gasteiger partial charge on any atom is 0.437 e. The lowest BCUT2D eigenvalue weighted by Gasteiger charge is -2.44. The number of nitro benzene ring substituents is 1. The molecule has 8 nitrogen and oxygen atoms in total. The van der Waals surface area contributed by atoms with Crippen molar-refractivity contribution in [2.45, 2.75) is 17.9 Å². The van der Waals surface area contributed by atoms with Crippen LogP contribution in [-0.2, 0) is 0 Å². The largest absolute Gasteiger partial charge is 0.437 e. The first-order chi connectivity index (χ1) is 13.0. The molecule has 3 N–H and O–H groups in total. The number of thiophene rings is 1. The first kappa shape index (κ1) is 19.8. The first-order valence-electron chi connectivity index (χ1n) is 7.74. The summed E-state index contributed by atoms with van der Waals surface area (Å²) in [5, 5.41) is 26.2. The van der Waals surface area contributed by atoms with Crippen molar-refractivity contribution in [1.29, 1.82) is 0 Å². The zero-order chi connectivity index (χ0) is 20.7. The quantitative estimate of drug-likeness (QED) is 0.403. The Hall–Kier alpha value is -2.99. The van der Waals surface area contributed by atoms with E-state index >= 15 is 0 Å². The van der Waals surface area contributed by atoms with Crippen LogP contribution in [0.15, 0.2) is 41.8 Å². The van der Waals surface area contributed by atoms with Crippen LogP contribution in [0.4, 0.5) is 23.7 Å². The number of aliphatic hydroxyl groups is 1. The maximum absolute atomic E-state index is 13.7. The number of nitro groups is 1. The number of carbonyl (C=O) groups excluding carboxylic acids is 2. The molecule has 1 aromatic heterocycles. The summed E-state index contributed by atoms with van der Waals surface area (Å²) in [7, 11) is 0. The van der Waals surface area contributed by atoms with Crippen molar-refractivity contribution in [3.8, 4) is 0 Å². The Labute approximate surface area is 159 Å². The minimum atomic E-state index is -5.36. The van der Waals surface area contributed by atoms with E-state index in [1.54, 1.807) is 0 Å². The number of halogens is 3. The third-order valence-electron chi connectivity index (χ3n) is 4.32. The number of carbonyl (C=O) groups is 2. The molecule has 3 rings (SSSR count). The molecule has 0 saturated carbocycles. The van der Waals surface area contributed by atoms with Gasteiger partial charge < -0.3 is 15.7 Å². The highest BCUT2D eigenvalue weighted by atomic mass is 32.1. The molecule has 1 aliphatic heterocycles. The van der Waals surface area contributed by atoms with Crippen molar-refractivity contribution in [3.63, 3.8) is 0 Å². The molecule has 1 saturated heterocycles. The minimum absolute atomic E-state index is 0.00182. The molecular formula is C16H12F3N3O5S. The van der Waals surface area contributed by atoms with Crippen LogP contribution in [-0.4, -0.2) is 33.7 Å². The third kappa shape index (κ3) is 3.31. The Bertz CT molecular complexity index is 917. The molecule has 0 spiro atoms. The Morgan fingerprint density at radius 1 is 1.25 bits per heavy atom. The van der Waals surface area contributed by atoms with Crippen LogP contribution in [0.25, 0.3) is 0 Å². The number of amides is 2. The van der Waals surface area contributed by atoms with E-state index in [2.05, 4.69) is 5.32 Å². The molecule has 0 aliphatic carbocycles. The lowest BCUT2D eigenvalue weighted by molar-refractivity contribution is -0.384. The van der Waals surface area contributed by atoms with Gasteiger partial charge in [-0.25, -0.2) is 4.79 Å². The number of ketones is 1. The number of non-ortho nitro benzene ring substituents is 1. The van der Waals surface area contributed by atoms with Crippen molar-refractivity contribution in [2.24, 2.45) is 5.92 Å². The van der Waals surface area contributed by atoms with Crippen LogP contribution >= 0.6 is 11.3 Å². The molecule has 1 fully saturated rings. The van der Waals surface area contributed by atoms with Gasteiger partial charge in [0.2, 0.25) is 5.72 Å². The van der Waals surface area contributed by atoms with E-state index in [0.29, 0.717) is 0 Å². The number of Topliss-reactive ketones (excluding diaryl/α,β-unsaturated/α-hetero) is 1. The highest BCUT2D eigenvalue weighted by molar-refractivity contribution is 7.12. The Balaban J connectivity index is 2.12. The fourth-order valence-corrected chi connectivity index (χ4v) is 3.70. The average Bonchev–Trinajstić information content (AvgIpc) is 3.14. The molecule has 1 aliphatic rings. The van der Waals surface area contributed by atoms with Gasteiger partial charge in [-0.3, -0.25) is 14.9 Å². The van der Waals surface area contributed by atoms with Crippen LogP contribution in [0.3, 0.4) is 0 Å². The highest BCUT2D eigenvalue weighted by Crippen LogP contribution is 2.44. The summed E-state index contributed by atoms with van der Waals surface area (Å²) in [6.07, 6.45) is -5.36. The maximum atomic E-state index is 13.7. The molecular weight excluding hydrogens is 403 g/mol. The molecule has 1 aromatic carbocycles. The van der Waals surface area contributed by atoms with Gasteiger partial charge in [0.1, 0.15) is 5.92 Å². The summed E-state index contributed by atoms with van der Waals surface area (Å²) in [5.41, 5.74) is -4.16. The fraction of sp³-hybridized carbons (Fsp3) is 0.250. The lowest BCUT2D eigenvalue weighted by atomic mass is 9.78. The predicted molar refractivity (Wildman–Crippen MR) is 90.6 cm³/mol. The molecule has 0 radical (unpaired) electrons. The van der Waals surface area contributed by atoms with E-state index in [1.165, 1.54) is 22.8 Å². The van der Waals surface area contributed by atoms with Gasteiger partial charge in [0.15, 0.2) is 5.78 Å². The van der Waals surface area contributed by atoms with Gasteiger partial charge >= 0.3 is 12.2 Å². The summed E-state index contributed by atoms with van der Waals surface area (Å²) < 4.78 is 41.0. The van der Waals surface area contributed by atoms with Crippen molar-refractivity contribution in [1.82, 2.24) is 10.6 Å². The number of nitrogens with one attached hydrogen (secondary N) is 2. The van der Waals surface area contributed by atoms with Crippen LogP contribution in [0.1, 0.15) is 21.3 Å². The van der Waals surface area contributed by atoms with Crippen LogP contribution in [0.2, 0.25) is 0 Å². The van der Waals surface area contributed by atoms with E-state index in [9.17, 15) is 38.0 Å². The molecule has 28 heavy (non-hydrogen) atoms. The standard InChI is InChI=1S/C16H12F3N3O5S/c17-16(18,19)15(25)11(13(23)10-2-1-7-28-10)12(20-14(24)21-15)8-3-5-9(6-4-8)22(26)27/h1-7,11-12,25H,(H2,20,21,24)/t11-,12+,15+/m0/s1. The monoisotopic (exact) mass is 415 g/mol. The second-order valence-electron chi connectivity index (χ2n) is 6.01. The van der Waals surface area contributed by atoms with Crippen LogP contribution < -0.4 is 10.6 Å². The second kappa shape index (κ2) is 6.87.